The molecule has 0 saturated carbocycles. The molecule has 1 saturated heterocycles. The van der Waals surface area contributed by atoms with Gasteiger partial charge in [0, 0.05) is 12.6 Å². The maximum Gasteiger partial charge on any atom is 0.276 e. The first-order valence-corrected chi connectivity index (χ1v) is 7.79. The molecule has 6 heteroatoms. The average molecular weight is 326 g/mol. The van der Waals surface area contributed by atoms with Crippen LogP contribution in [0.15, 0.2) is 57.7 Å². The van der Waals surface area contributed by atoms with Crippen LogP contribution in [0.4, 0.5) is 4.39 Å². The van der Waals surface area contributed by atoms with Crippen LogP contribution in [0.3, 0.4) is 0 Å². The number of furan rings is 1. The number of hydrogen-bond donors (Lipinski definition) is 0. The van der Waals surface area contributed by atoms with E-state index < -0.39 is 0 Å². The minimum absolute atomic E-state index is 0.0677. The third-order valence-electron chi connectivity index (χ3n) is 4.26. The van der Waals surface area contributed by atoms with E-state index in [1.54, 1.807) is 35.2 Å². The third kappa shape index (κ3) is 2.60. The number of benzene rings is 1. The number of hydrogen-bond acceptors (Lipinski definition) is 4. The van der Waals surface area contributed by atoms with Crippen LogP contribution in [0.5, 0.6) is 0 Å². The Kier molecular flexibility index (Phi) is 3.65. The zero-order chi connectivity index (χ0) is 16.5. The van der Waals surface area contributed by atoms with E-state index >= 15 is 0 Å². The highest BCUT2D eigenvalue weighted by molar-refractivity contribution is 5.93. The fraction of sp³-hybridized carbons (Fsp3) is 0.222. The van der Waals surface area contributed by atoms with Crippen molar-refractivity contribution in [2.45, 2.75) is 18.9 Å². The molecule has 2 aromatic heterocycles. The predicted molar refractivity (Wildman–Crippen MR) is 83.6 cm³/mol. The smallest absolute Gasteiger partial charge is 0.276 e. The summed E-state index contributed by atoms with van der Waals surface area (Å²) in [6.07, 6.45) is 3.28. The van der Waals surface area contributed by atoms with Gasteiger partial charge in [0.1, 0.15) is 5.82 Å². The van der Waals surface area contributed by atoms with E-state index in [9.17, 15) is 9.18 Å². The molecular formula is C18H15FN2O3. The van der Waals surface area contributed by atoms with E-state index in [-0.39, 0.29) is 23.5 Å². The number of halogens is 1. The minimum atomic E-state index is -0.283. The topological polar surface area (TPSA) is 59.5 Å². The summed E-state index contributed by atoms with van der Waals surface area (Å²) in [5.41, 5.74) is 1.17. The van der Waals surface area contributed by atoms with Crippen LogP contribution in [-0.4, -0.2) is 22.5 Å². The number of carbonyl (C=O) groups excluding carboxylic acids is 1. The average Bonchev–Trinajstić information content (AvgIpc) is 3.34. The van der Waals surface area contributed by atoms with Gasteiger partial charge in [0.25, 0.3) is 5.91 Å². The van der Waals surface area contributed by atoms with E-state index in [1.165, 1.54) is 18.4 Å². The van der Waals surface area contributed by atoms with Gasteiger partial charge in [-0.25, -0.2) is 4.39 Å². The molecule has 3 heterocycles. The molecule has 0 aliphatic carbocycles. The van der Waals surface area contributed by atoms with Gasteiger partial charge >= 0.3 is 0 Å². The molecule has 5 nitrogen and oxygen atoms in total. The molecule has 1 amide bonds. The Hall–Kier alpha value is -2.89. The van der Waals surface area contributed by atoms with Gasteiger partial charge in [-0.2, -0.15) is 0 Å². The Morgan fingerprint density at radius 3 is 2.79 bits per heavy atom. The molecule has 24 heavy (non-hydrogen) atoms. The lowest BCUT2D eigenvalue weighted by atomic mass is 10.0. The van der Waals surface area contributed by atoms with Crippen molar-refractivity contribution in [2.75, 3.05) is 6.54 Å². The van der Waals surface area contributed by atoms with Gasteiger partial charge in [-0.3, -0.25) is 4.79 Å². The number of nitrogens with zero attached hydrogens (tertiary/aromatic N) is 2. The van der Waals surface area contributed by atoms with Gasteiger partial charge < -0.3 is 13.8 Å². The summed E-state index contributed by atoms with van der Waals surface area (Å²) in [6, 6.07) is 11.3. The van der Waals surface area contributed by atoms with E-state index in [2.05, 4.69) is 5.16 Å². The molecule has 0 unspecified atom stereocenters. The second kappa shape index (κ2) is 5.96. The molecule has 4 rings (SSSR count). The lowest BCUT2D eigenvalue weighted by Crippen LogP contribution is -2.30. The first-order chi connectivity index (χ1) is 11.7. The van der Waals surface area contributed by atoms with Crippen molar-refractivity contribution in [1.82, 2.24) is 10.1 Å². The number of likely N-dealkylation sites (tertiary alicyclic amines) is 1. The number of amides is 1. The fourth-order valence-corrected chi connectivity index (χ4v) is 3.10. The zero-order valence-electron chi connectivity index (χ0n) is 12.8. The van der Waals surface area contributed by atoms with Crippen molar-refractivity contribution < 1.29 is 18.1 Å². The number of rotatable bonds is 3. The van der Waals surface area contributed by atoms with Crippen molar-refractivity contribution >= 4 is 5.91 Å². The van der Waals surface area contributed by atoms with Gasteiger partial charge in [-0.15, -0.1) is 0 Å². The molecule has 1 aromatic carbocycles. The first-order valence-electron chi connectivity index (χ1n) is 7.79. The van der Waals surface area contributed by atoms with Gasteiger partial charge in [0.15, 0.2) is 11.5 Å². The minimum Gasteiger partial charge on any atom is -0.461 e. The standard InChI is InChI=1S/C18H15FN2O3/c19-13-7-5-12(6-8-13)15-3-1-9-21(15)18(22)14-11-17(24-20-14)16-4-2-10-23-16/h2,4-8,10-11,15H,1,3,9H2/t15-/m0/s1. The van der Waals surface area contributed by atoms with Gasteiger partial charge in [-0.05, 0) is 42.7 Å². The molecule has 0 N–H and O–H groups in total. The van der Waals surface area contributed by atoms with Crippen molar-refractivity contribution in [3.05, 3.63) is 65.8 Å². The second-order valence-corrected chi connectivity index (χ2v) is 5.76. The third-order valence-corrected chi connectivity index (χ3v) is 4.26. The molecule has 1 aliphatic rings. The summed E-state index contributed by atoms with van der Waals surface area (Å²) in [7, 11) is 0. The van der Waals surface area contributed by atoms with Gasteiger partial charge in [-0.1, -0.05) is 17.3 Å². The van der Waals surface area contributed by atoms with E-state index in [1.807, 2.05) is 0 Å². The number of aromatic nitrogens is 1. The SMILES string of the molecule is O=C(c1cc(-c2ccco2)on1)N1CCC[C@H]1c1ccc(F)cc1. The van der Waals surface area contributed by atoms with Crippen LogP contribution >= 0.6 is 0 Å². The zero-order valence-corrected chi connectivity index (χ0v) is 12.8. The van der Waals surface area contributed by atoms with Gasteiger partial charge in [0.2, 0.25) is 5.76 Å². The van der Waals surface area contributed by atoms with Gasteiger partial charge in [0.05, 0.1) is 12.3 Å². The molecule has 0 radical (unpaired) electrons. The van der Waals surface area contributed by atoms with Crippen molar-refractivity contribution in [2.24, 2.45) is 0 Å². The maximum absolute atomic E-state index is 13.1. The summed E-state index contributed by atoms with van der Waals surface area (Å²) in [6.45, 7) is 0.643. The normalized spacial score (nSPS) is 17.4. The second-order valence-electron chi connectivity index (χ2n) is 5.76. The predicted octanol–water partition coefficient (Wildman–Crippen LogP) is 4.05. The van der Waals surface area contributed by atoms with Crippen molar-refractivity contribution in [3.8, 4) is 11.5 Å². The van der Waals surface area contributed by atoms with E-state index in [0.717, 1.165) is 18.4 Å². The Morgan fingerprint density at radius 1 is 1.21 bits per heavy atom. The molecule has 1 fully saturated rings. The lowest BCUT2D eigenvalue weighted by molar-refractivity contribution is 0.0725. The van der Waals surface area contributed by atoms with Crippen molar-refractivity contribution in [3.63, 3.8) is 0 Å². The Bertz CT molecular complexity index is 840. The van der Waals surface area contributed by atoms with E-state index in [4.69, 9.17) is 8.94 Å². The quantitative estimate of drug-likeness (QED) is 0.728. The first kappa shape index (κ1) is 14.7. The summed E-state index contributed by atoms with van der Waals surface area (Å²) < 4.78 is 23.6. The molecule has 122 valence electrons. The highest BCUT2D eigenvalue weighted by Gasteiger charge is 2.32. The lowest BCUT2D eigenvalue weighted by Gasteiger charge is -2.24. The van der Waals surface area contributed by atoms with Crippen LogP contribution in [0.1, 0.15) is 34.9 Å². The highest BCUT2D eigenvalue weighted by atomic mass is 19.1. The molecule has 0 spiro atoms. The van der Waals surface area contributed by atoms with Crippen LogP contribution in [0.2, 0.25) is 0 Å². The Balaban J connectivity index is 1.58. The summed E-state index contributed by atoms with van der Waals surface area (Å²) >= 11 is 0. The Labute approximate surface area is 137 Å². The van der Waals surface area contributed by atoms with Crippen LogP contribution in [0.25, 0.3) is 11.5 Å². The molecule has 3 aromatic rings. The molecule has 1 aliphatic heterocycles. The van der Waals surface area contributed by atoms with Crippen LogP contribution in [0, 0.1) is 5.82 Å². The van der Waals surface area contributed by atoms with Crippen LogP contribution in [-0.2, 0) is 0 Å². The maximum atomic E-state index is 13.1. The summed E-state index contributed by atoms with van der Waals surface area (Å²) in [5, 5.41) is 3.87. The molecular weight excluding hydrogens is 311 g/mol. The summed E-state index contributed by atoms with van der Waals surface area (Å²) in [5.74, 6) is 0.469. The number of carbonyl (C=O) groups is 1. The summed E-state index contributed by atoms with van der Waals surface area (Å²) in [4.78, 5) is 14.5. The highest BCUT2D eigenvalue weighted by Crippen LogP contribution is 2.33. The monoisotopic (exact) mass is 326 g/mol. The van der Waals surface area contributed by atoms with Crippen molar-refractivity contribution in [1.29, 1.82) is 0 Å². The van der Waals surface area contributed by atoms with E-state index in [0.29, 0.717) is 18.1 Å². The van der Waals surface area contributed by atoms with Crippen LogP contribution < -0.4 is 0 Å². The largest absolute Gasteiger partial charge is 0.461 e. The molecule has 0 bridgehead atoms. The fourth-order valence-electron chi connectivity index (χ4n) is 3.10. The molecule has 1 atom stereocenters. The Morgan fingerprint density at radius 2 is 2.04 bits per heavy atom.